The number of carbonyl (C=O) groups excluding carboxylic acids is 1. The number of amides is 1. The fourth-order valence-corrected chi connectivity index (χ4v) is 3.69. The molecule has 1 amide bonds. The quantitative estimate of drug-likeness (QED) is 0.915. The zero-order valence-corrected chi connectivity index (χ0v) is 13.7. The molecule has 1 fully saturated rings. The SMILES string of the molecule is CS(=O)(=O)NC1CCN(C(=O)c2ccccc2-n2cccc2)C1. The molecule has 1 aliphatic heterocycles. The van der Waals surface area contributed by atoms with Crippen LogP contribution in [0.15, 0.2) is 48.8 Å². The number of benzene rings is 1. The first kappa shape index (κ1) is 15.8. The zero-order valence-electron chi connectivity index (χ0n) is 12.8. The van der Waals surface area contributed by atoms with Gasteiger partial charge in [-0.15, -0.1) is 0 Å². The number of hydrogen-bond acceptors (Lipinski definition) is 3. The van der Waals surface area contributed by atoms with Gasteiger partial charge in [0.15, 0.2) is 0 Å². The second-order valence-corrected chi connectivity index (χ2v) is 7.51. The van der Waals surface area contributed by atoms with Crippen molar-refractivity contribution in [2.75, 3.05) is 19.3 Å². The molecule has 2 heterocycles. The molecule has 3 rings (SSSR count). The highest BCUT2D eigenvalue weighted by atomic mass is 32.2. The third kappa shape index (κ3) is 3.62. The van der Waals surface area contributed by atoms with E-state index >= 15 is 0 Å². The van der Waals surface area contributed by atoms with Gasteiger partial charge >= 0.3 is 0 Å². The predicted molar refractivity (Wildman–Crippen MR) is 88.1 cm³/mol. The molecule has 0 aliphatic carbocycles. The Kier molecular flexibility index (Phi) is 4.23. The Morgan fingerprint density at radius 3 is 2.57 bits per heavy atom. The molecule has 0 spiro atoms. The van der Waals surface area contributed by atoms with E-state index in [1.54, 1.807) is 11.0 Å². The van der Waals surface area contributed by atoms with E-state index in [9.17, 15) is 13.2 Å². The Morgan fingerprint density at radius 1 is 1.17 bits per heavy atom. The summed E-state index contributed by atoms with van der Waals surface area (Å²) in [6.07, 6.45) is 5.55. The Hall–Kier alpha value is -2.12. The van der Waals surface area contributed by atoms with E-state index in [2.05, 4.69) is 4.72 Å². The second-order valence-electron chi connectivity index (χ2n) is 5.73. The standard InChI is InChI=1S/C16H19N3O3S/c1-23(21,22)17-13-8-11-19(12-13)16(20)14-6-2-3-7-15(14)18-9-4-5-10-18/h2-7,9-10,13,17H,8,11-12H2,1H3. The van der Waals surface area contributed by atoms with Crippen LogP contribution in [0.5, 0.6) is 0 Å². The molecule has 0 bridgehead atoms. The summed E-state index contributed by atoms with van der Waals surface area (Å²) in [6, 6.07) is 11.0. The predicted octanol–water partition coefficient (Wildman–Crippen LogP) is 1.24. The van der Waals surface area contributed by atoms with Crippen LogP contribution in [0.4, 0.5) is 0 Å². The van der Waals surface area contributed by atoms with Gasteiger partial charge in [0, 0.05) is 31.5 Å². The number of para-hydroxylation sites is 1. The Labute approximate surface area is 135 Å². The van der Waals surface area contributed by atoms with Crippen LogP contribution in [0.1, 0.15) is 16.8 Å². The van der Waals surface area contributed by atoms with Gasteiger partial charge in [-0.1, -0.05) is 12.1 Å². The Balaban J connectivity index is 1.80. The summed E-state index contributed by atoms with van der Waals surface area (Å²) in [5.74, 6) is -0.0768. The van der Waals surface area contributed by atoms with Crippen molar-refractivity contribution in [3.05, 3.63) is 54.4 Å². The van der Waals surface area contributed by atoms with Crippen molar-refractivity contribution >= 4 is 15.9 Å². The van der Waals surface area contributed by atoms with E-state index in [1.165, 1.54) is 0 Å². The number of nitrogens with one attached hydrogen (secondary N) is 1. The molecule has 1 aromatic heterocycles. The lowest BCUT2D eigenvalue weighted by Crippen LogP contribution is -2.38. The van der Waals surface area contributed by atoms with Crippen molar-refractivity contribution in [1.29, 1.82) is 0 Å². The van der Waals surface area contributed by atoms with Crippen LogP contribution in [0, 0.1) is 0 Å². The third-order valence-electron chi connectivity index (χ3n) is 3.87. The lowest BCUT2D eigenvalue weighted by atomic mass is 10.1. The van der Waals surface area contributed by atoms with Gasteiger partial charge in [-0.05, 0) is 30.7 Å². The van der Waals surface area contributed by atoms with Gasteiger partial charge in [0.05, 0.1) is 17.5 Å². The van der Waals surface area contributed by atoms with Crippen molar-refractivity contribution < 1.29 is 13.2 Å². The maximum absolute atomic E-state index is 12.8. The smallest absolute Gasteiger partial charge is 0.256 e. The summed E-state index contributed by atoms with van der Waals surface area (Å²) >= 11 is 0. The van der Waals surface area contributed by atoms with E-state index in [0.29, 0.717) is 25.1 Å². The average Bonchev–Trinajstić information content (AvgIpc) is 3.16. The molecule has 0 saturated carbocycles. The molecule has 1 aliphatic rings. The third-order valence-corrected chi connectivity index (χ3v) is 4.63. The van der Waals surface area contributed by atoms with Crippen LogP contribution >= 0.6 is 0 Å². The zero-order chi connectivity index (χ0) is 16.4. The van der Waals surface area contributed by atoms with E-state index in [1.807, 2.05) is 47.3 Å². The van der Waals surface area contributed by atoms with Gasteiger partial charge in [-0.2, -0.15) is 0 Å². The molecule has 1 saturated heterocycles. The summed E-state index contributed by atoms with van der Waals surface area (Å²) in [5, 5.41) is 0. The fourth-order valence-electron chi connectivity index (χ4n) is 2.89. The summed E-state index contributed by atoms with van der Waals surface area (Å²) in [7, 11) is -3.26. The number of sulfonamides is 1. The van der Waals surface area contributed by atoms with Crippen molar-refractivity contribution in [1.82, 2.24) is 14.2 Å². The van der Waals surface area contributed by atoms with Crippen molar-refractivity contribution in [3.8, 4) is 5.69 Å². The van der Waals surface area contributed by atoms with E-state index in [4.69, 9.17) is 0 Å². The van der Waals surface area contributed by atoms with Crippen LogP contribution in [0.3, 0.4) is 0 Å². The minimum absolute atomic E-state index is 0.0768. The Morgan fingerprint density at radius 2 is 1.87 bits per heavy atom. The normalized spacial score (nSPS) is 18.3. The first-order valence-electron chi connectivity index (χ1n) is 7.43. The van der Waals surface area contributed by atoms with E-state index < -0.39 is 10.0 Å². The van der Waals surface area contributed by atoms with Gasteiger partial charge in [0.1, 0.15) is 0 Å². The minimum atomic E-state index is -3.26. The molecule has 0 radical (unpaired) electrons. The van der Waals surface area contributed by atoms with E-state index in [-0.39, 0.29) is 11.9 Å². The number of rotatable bonds is 4. The number of likely N-dealkylation sites (tertiary alicyclic amines) is 1. The number of carbonyl (C=O) groups is 1. The lowest BCUT2D eigenvalue weighted by Gasteiger charge is -2.19. The highest BCUT2D eigenvalue weighted by Gasteiger charge is 2.29. The molecule has 7 heteroatoms. The molecule has 1 atom stereocenters. The monoisotopic (exact) mass is 333 g/mol. The lowest BCUT2D eigenvalue weighted by molar-refractivity contribution is 0.0790. The summed E-state index contributed by atoms with van der Waals surface area (Å²) in [4.78, 5) is 14.5. The van der Waals surface area contributed by atoms with Crippen LogP contribution in [-0.2, 0) is 10.0 Å². The average molecular weight is 333 g/mol. The highest BCUT2D eigenvalue weighted by Crippen LogP contribution is 2.20. The van der Waals surface area contributed by atoms with Crippen LogP contribution < -0.4 is 4.72 Å². The Bertz CT molecular complexity index is 800. The van der Waals surface area contributed by atoms with E-state index in [0.717, 1.165) is 11.9 Å². The fraction of sp³-hybridized carbons (Fsp3) is 0.312. The molecule has 23 heavy (non-hydrogen) atoms. The maximum atomic E-state index is 12.8. The van der Waals surface area contributed by atoms with Crippen LogP contribution in [-0.4, -0.2) is 49.2 Å². The first-order chi connectivity index (χ1) is 10.9. The molecule has 1 aromatic carbocycles. The van der Waals surface area contributed by atoms with Crippen molar-refractivity contribution in [3.63, 3.8) is 0 Å². The number of hydrogen-bond donors (Lipinski definition) is 1. The maximum Gasteiger partial charge on any atom is 0.256 e. The molecule has 1 N–H and O–H groups in total. The number of nitrogens with zero attached hydrogens (tertiary/aromatic N) is 2. The minimum Gasteiger partial charge on any atom is -0.337 e. The largest absolute Gasteiger partial charge is 0.337 e. The molecule has 122 valence electrons. The molecular formula is C16H19N3O3S. The van der Waals surface area contributed by atoms with Gasteiger partial charge < -0.3 is 9.47 Å². The van der Waals surface area contributed by atoms with Crippen molar-refractivity contribution in [2.45, 2.75) is 12.5 Å². The summed E-state index contributed by atoms with van der Waals surface area (Å²) in [6.45, 7) is 0.942. The van der Waals surface area contributed by atoms with Gasteiger partial charge in [-0.3, -0.25) is 4.79 Å². The topological polar surface area (TPSA) is 71.4 Å². The van der Waals surface area contributed by atoms with Gasteiger partial charge in [0.25, 0.3) is 5.91 Å². The number of aromatic nitrogens is 1. The molecule has 2 aromatic rings. The second kappa shape index (κ2) is 6.17. The molecular weight excluding hydrogens is 314 g/mol. The van der Waals surface area contributed by atoms with Gasteiger partial charge in [-0.25, -0.2) is 13.1 Å². The summed E-state index contributed by atoms with van der Waals surface area (Å²) < 4.78 is 27.1. The summed E-state index contributed by atoms with van der Waals surface area (Å²) in [5.41, 5.74) is 1.44. The van der Waals surface area contributed by atoms with Crippen LogP contribution in [0.2, 0.25) is 0 Å². The molecule has 1 unspecified atom stereocenters. The highest BCUT2D eigenvalue weighted by molar-refractivity contribution is 7.88. The molecule has 6 nitrogen and oxygen atoms in total. The van der Waals surface area contributed by atoms with Crippen LogP contribution in [0.25, 0.3) is 5.69 Å². The van der Waals surface area contributed by atoms with Gasteiger partial charge in [0.2, 0.25) is 10.0 Å². The first-order valence-corrected chi connectivity index (χ1v) is 9.32. The van der Waals surface area contributed by atoms with Crippen molar-refractivity contribution in [2.24, 2.45) is 0 Å².